The number of morpholine rings is 1. The lowest BCUT2D eigenvalue weighted by Crippen LogP contribution is -2.42. The molecule has 1 saturated heterocycles. The summed E-state index contributed by atoms with van der Waals surface area (Å²) in [7, 11) is 0. The average molecular weight is 318 g/mol. The van der Waals surface area contributed by atoms with Crippen LogP contribution in [0.25, 0.3) is 11.3 Å². The molecule has 1 atom stereocenters. The van der Waals surface area contributed by atoms with Crippen LogP contribution in [0.3, 0.4) is 0 Å². The summed E-state index contributed by atoms with van der Waals surface area (Å²) in [6.45, 7) is 5.80. The summed E-state index contributed by atoms with van der Waals surface area (Å²) in [6, 6.07) is 9.78. The van der Waals surface area contributed by atoms with Crippen molar-refractivity contribution in [1.29, 1.82) is 0 Å². The van der Waals surface area contributed by atoms with Crippen LogP contribution in [0.4, 0.5) is 0 Å². The highest BCUT2D eigenvalue weighted by Gasteiger charge is 2.18. The largest absolute Gasteiger partial charge is 0.472 e. The van der Waals surface area contributed by atoms with Crippen LogP contribution in [0, 0.1) is 6.92 Å². The van der Waals surface area contributed by atoms with Crippen molar-refractivity contribution in [2.45, 2.75) is 13.0 Å². The molecule has 6 heteroatoms. The number of hydrogen-bond acceptors (Lipinski definition) is 6. The zero-order valence-corrected chi connectivity index (χ0v) is 13.3. The van der Waals surface area contributed by atoms with Crippen molar-refractivity contribution in [2.24, 2.45) is 0 Å². The summed E-state index contributed by atoms with van der Waals surface area (Å²) in [5, 5.41) is 14.1. The maximum Gasteiger partial charge on any atom is 0.257 e. The summed E-state index contributed by atoms with van der Waals surface area (Å²) in [6.07, 6.45) is -0.565. The molecule has 23 heavy (non-hydrogen) atoms. The highest BCUT2D eigenvalue weighted by molar-refractivity contribution is 5.62. The molecule has 1 fully saturated rings. The molecule has 0 spiro atoms. The van der Waals surface area contributed by atoms with Crippen molar-refractivity contribution in [3.63, 3.8) is 0 Å². The average Bonchev–Trinajstić information content (AvgIpc) is 2.95. The Kier molecular flexibility index (Phi) is 5.27. The Bertz CT molecular complexity index is 608. The molecular weight excluding hydrogens is 296 g/mol. The van der Waals surface area contributed by atoms with E-state index in [-0.39, 0.29) is 6.61 Å². The van der Waals surface area contributed by atoms with Gasteiger partial charge in [-0.05, 0) is 12.1 Å². The molecule has 3 rings (SSSR count). The van der Waals surface area contributed by atoms with Gasteiger partial charge in [-0.15, -0.1) is 0 Å². The quantitative estimate of drug-likeness (QED) is 0.875. The van der Waals surface area contributed by atoms with E-state index in [1.807, 2.05) is 37.3 Å². The Labute approximate surface area is 135 Å². The zero-order valence-electron chi connectivity index (χ0n) is 13.3. The van der Waals surface area contributed by atoms with Crippen LogP contribution in [0.15, 0.2) is 34.9 Å². The van der Waals surface area contributed by atoms with Gasteiger partial charge in [-0.25, -0.2) is 0 Å². The van der Waals surface area contributed by atoms with Crippen LogP contribution in [0.5, 0.6) is 5.88 Å². The van der Waals surface area contributed by atoms with Crippen molar-refractivity contribution in [3.05, 3.63) is 35.9 Å². The number of rotatable bonds is 6. The molecule has 1 aliphatic heterocycles. The third-order valence-corrected chi connectivity index (χ3v) is 3.90. The Hall–Kier alpha value is -1.89. The minimum absolute atomic E-state index is 0.193. The molecule has 2 heterocycles. The predicted molar refractivity (Wildman–Crippen MR) is 85.4 cm³/mol. The van der Waals surface area contributed by atoms with Crippen molar-refractivity contribution in [3.8, 4) is 17.2 Å². The number of aliphatic hydroxyl groups is 1. The molecule has 0 amide bonds. The Morgan fingerprint density at radius 2 is 2.00 bits per heavy atom. The van der Waals surface area contributed by atoms with E-state index >= 15 is 0 Å². The monoisotopic (exact) mass is 318 g/mol. The van der Waals surface area contributed by atoms with E-state index in [0.717, 1.165) is 37.4 Å². The molecule has 0 saturated carbocycles. The molecular formula is C17H22N2O4. The maximum atomic E-state index is 10.1. The molecule has 0 aliphatic carbocycles. The van der Waals surface area contributed by atoms with Gasteiger partial charge in [-0.2, -0.15) is 0 Å². The topological polar surface area (TPSA) is 68.0 Å². The fraction of sp³-hybridized carbons (Fsp3) is 0.471. The van der Waals surface area contributed by atoms with Crippen LogP contribution in [-0.2, 0) is 4.74 Å². The molecule has 1 aromatic heterocycles. The SMILES string of the molecule is Cc1c(OCC(O)CN2CCOCC2)noc1-c1ccccc1. The van der Waals surface area contributed by atoms with E-state index < -0.39 is 6.10 Å². The normalized spacial score (nSPS) is 17.1. The van der Waals surface area contributed by atoms with E-state index in [9.17, 15) is 5.11 Å². The molecule has 0 radical (unpaired) electrons. The van der Waals surface area contributed by atoms with Crippen LogP contribution >= 0.6 is 0 Å². The van der Waals surface area contributed by atoms with E-state index in [2.05, 4.69) is 10.1 Å². The smallest absolute Gasteiger partial charge is 0.257 e. The number of ether oxygens (including phenoxy) is 2. The maximum absolute atomic E-state index is 10.1. The molecule has 6 nitrogen and oxygen atoms in total. The molecule has 1 unspecified atom stereocenters. The minimum atomic E-state index is -0.565. The van der Waals surface area contributed by atoms with Gasteiger partial charge >= 0.3 is 0 Å². The third-order valence-electron chi connectivity index (χ3n) is 3.90. The van der Waals surface area contributed by atoms with Crippen LogP contribution in [0.2, 0.25) is 0 Å². The molecule has 0 bridgehead atoms. The lowest BCUT2D eigenvalue weighted by molar-refractivity contribution is 0.00391. The Morgan fingerprint density at radius 3 is 2.74 bits per heavy atom. The summed E-state index contributed by atoms with van der Waals surface area (Å²) in [5.41, 5.74) is 1.80. The number of benzene rings is 1. The van der Waals surface area contributed by atoms with Gasteiger partial charge in [-0.1, -0.05) is 30.3 Å². The molecule has 2 aromatic rings. The molecule has 124 valence electrons. The first-order chi connectivity index (χ1) is 11.2. The summed E-state index contributed by atoms with van der Waals surface area (Å²) in [5.74, 6) is 1.13. The van der Waals surface area contributed by atoms with Gasteiger partial charge in [0.2, 0.25) is 0 Å². The standard InChI is InChI=1S/C17H22N2O4/c1-13-16(14-5-3-2-4-6-14)23-18-17(13)22-12-15(20)11-19-7-9-21-10-8-19/h2-6,15,20H,7-12H2,1H3. The van der Waals surface area contributed by atoms with Crippen molar-refractivity contribution < 1.29 is 19.1 Å². The molecule has 1 aliphatic rings. The van der Waals surface area contributed by atoms with E-state index in [0.29, 0.717) is 18.2 Å². The van der Waals surface area contributed by atoms with Gasteiger partial charge in [0.05, 0.1) is 18.8 Å². The summed E-state index contributed by atoms with van der Waals surface area (Å²) in [4.78, 5) is 2.17. The number of aliphatic hydroxyl groups excluding tert-OH is 1. The van der Waals surface area contributed by atoms with Gasteiger partial charge in [0, 0.05) is 25.2 Å². The van der Waals surface area contributed by atoms with Gasteiger partial charge in [0.15, 0.2) is 5.76 Å². The van der Waals surface area contributed by atoms with Crippen molar-refractivity contribution >= 4 is 0 Å². The summed E-state index contributed by atoms with van der Waals surface area (Å²) < 4.78 is 16.3. The second-order valence-electron chi connectivity index (χ2n) is 5.69. The number of aromatic nitrogens is 1. The van der Waals surface area contributed by atoms with Gasteiger partial charge < -0.3 is 19.1 Å². The van der Waals surface area contributed by atoms with Crippen LogP contribution in [0.1, 0.15) is 5.56 Å². The third kappa shape index (κ3) is 4.10. The van der Waals surface area contributed by atoms with E-state index in [4.69, 9.17) is 14.0 Å². The first-order valence-corrected chi connectivity index (χ1v) is 7.86. The van der Waals surface area contributed by atoms with E-state index in [1.165, 1.54) is 0 Å². The van der Waals surface area contributed by atoms with Crippen LogP contribution in [-0.4, -0.2) is 60.7 Å². The van der Waals surface area contributed by atoms with Gasteiger partial charge in [0.1, 0.15) is 12.7 Å². The second-order valence-corrected chi connectivity index (χ2v) is 5.69. The first kappa shape index (κ1) is 16.0. The van der Waals surface area contributed by atoms with Crippen molar-refractivity contribution in [2.75, 3.05) is 39.5 Å². The molecule has 1 aromatic carbocycles. The van der Waals surface area contributed by atoms with Gasteiger partial charge in [-0.3, -0.25) is 4.90 Å². The highest BCUT2D eigenvalue weighted by Crippen LogP contribution is 2.29. The lowest BCUT2D eigenvalue weighted by Gasteiger charge is -2.28. The highest BCUT2D eigenvalue weighted by atomic mass is 16.5. The lowest BCUT2D eigenvalue weighted by atomic mass is 10.1. The summed E-state index contributed by atoms with van der Waals surface area (Å²) >= 11 is 0. The predicted octanol–water partition coefficient (Wildman–Crippen LogP) is 1.72. The van der Waals surface area contributed by atoms with Crippen molar-refractivity contribution in [1.82, 2.24) is 10.1 Å². The Morgan fingerprint density at radius 1 is 1.26 bits per heavy atom. The van der Waals surface area contributed by atoms with Gasteiger partial charge in [0.25, 0.3) is 5.88 Å². The van der Waals surface area contributed by atoms with Crippen LogP contribution < -0.4 is 4.74 Å². The first-order valence-electron chi connectivity index (χ1n) is 7.86. The fourth-order valence-electron chi connectivity index (χ4n) is 2.62. The van der Waals surface area contributed by atoms with E-state index in [1.54, 1.807) is 0 Å². The zero-order chi connectivity index (χ0) is 16.1. The number of hydrogen-bond donors (Lipinski definition) is 1. The second kappa shape index (κ2) is 7.59. The number of nitrogens with zero attached hydrogens (tertiary/aromatic N) is 2. The fourth-order valence-corrected chi connectivity index (χ4v) is 2.62. The molecule has 1 N–H and O–H groups in total. The Balaban J connectivity index is 1.55. The number of β-amino-alcohol motifs (C(OH)–C–C–N with tert-alkyl or cyclic N) is 1. The minimum Gasteiger partial charge on any atom is -0.472 e.